The summed E-state index contributed by atoms with van der Waals surface area (Å²) < 4.78 is 16.5. The molecule has 0 aliphatic rings. The number of nitrogens with zero attached hydrogens (tertiary/aromatic N) is 1. The molecule has 2 heterocycles. The average molecular weight is 313 g/mol. The highest BCUT2D eigenvalue weighted by Crippen LogP contribution is 2.30. The lowest BCUT2D eigenvalue weighted by Gasteiger charge is -2.17. The molecule has 120 valence electrons. The topological polar surface area (TPSA) is 55.8 Å². The number of carbonyl (C=O) groups is 1. The average Bonchev–Trinajstić information content (AvgIpc) is 3.16. The first-order valence-corrected chi connectivity index (χ1v) is 7.50. The van der Waals surface area contributed by atoms with E-state index in [0.717, 1.165) is 11.1 Å². The molecule has 0 fully saturated rings. The van der Waals surface area contributed by atoms with Crippen LogP contribution in [0.1, 0.15) is 30.0 Å². The van der Waals surface area contributed by atoms with Crippen molar-refractivity contribution in [1.82, 2.24) is 4.90 Å². The van der Waals surface area contributed by atoms with Crippen LogP contribution >= 0.6 is 0 Å². The summed E-state index contributed by atoms with van der Waals surface area (Å²) in [6.45, 7) is 4.30. The molecule has 0 unspecified atom stereocenters. The summed E-state index contributed by atoms with van der Waals surface area (Å²) in [7, 11) is 1.74. The van der Waals surface area contributed by atoms with Gasteiger partial charge >= 0.3 is 0 Å². The lowest BCUT2D eigenvalue weighted by molar-refractivity contribution is 0.0775. The molecule has 0 atom stereocenters. The molecule has 0 radical (unpaired) electrons. The molecular weight excluding hydrogens is 294 g/mol. The molecule has 0 aliphatic carbocycles. The van der Waals surface area contributed by atoms with Crippen LogP contribution in [0.4, 0.5) is 0 Å². The van der Waals surface area contributed by atoms with Crippen LogP contribution in [0.2, 0.25) is 0 Å². The predicted octanol–water partition coefficient (Wildman–Crippen LogP) is 4.09. The maximum atomic E-state index is 12.7. The number of hydrogen-bond acceptors (Lipinski definition) is 4. The smallest absolute Gasteiger partial charge is 0.254 e. The summed E-state index contributed by atoms with van der Waals surface area (Å²) in [5, 5.41) is 0.865. The molecule has 5 heteroatoms. The number of furan rings is 2. The molecule has 0 spiro atoms. The van der Waals surface area contributed by atoms with Gasteiger partial charge in [0.1, 0.15) is 17.1 Å². The molecule has 5 nitrogen and oxygen atoms in total. The van der Waals surface area contributed by atoms with Gasteiger partial charge in [-0.25, -0.2) is 0 Å². The number of ether oxygens (including phenoxy) is 1. The minimum absolute atomic E-state index is 0.0132. The second-order valence-corrected chi connectivity index (χ2v) is 5.71. The Morgan fingerprint density at radius 1 is 1.22 bits per heavy atom. The highest BCUT2D eigenvalue weighted by molar-refractivity contribution is 5.99. The van der Waals surface area contributed by atoms with Gasteiger partial charge in [-0.05, 0) is 44.2 Å². The van der Waals surface area contributed by atoms with E-state index < -0.39 is 0 Å². The van der Waals surface area contributed by atoms with E-state index in [0.29, 0.717) is 23.4 Å². The van der Waals surface area contributed by atoms with Crippen LogP contribution in [0.15, 0.2) is 51.7 Å². The van der Waals surface area contributed by atoms with Crippen LogP contribution in [0, 0.1) is 0 Å². The van der Waals surface area contributed by atoms with Crippen LogP contribution in [0.25, 0.3) is 11.0 Å². The number of carbonyl (C=O) groups excluding carboxylic acids is 1. The quantitative estimate of drug-likeness (QED) is 0.712. The van der Waals surface area contributed by atoms with Crippen molar-refractivity contribution in [1.29, 1.82) is 0 Å². The van der Waals surface area contributed by atoms with Gasteiger partial charge in [0, 0.05) is 12.6 Å². The van der Waals surface area contributed by atoms with Gasteiger partial charge < -0.3 is 18.5 Å². The Balaban J connectivity index is 1.90. The van der Waals surface area contributed by atoms with E-state index in [1.807, 2.05) is 26.0 Å². The summed E-state index contributed by atoms with van der Waals surface area (Å²) >= 11 is 0. The fraction of sp³-hybridized carbons (Fsp3) is 0.278. The molecule has 0 bridgehead atoms. The SMILES string of the molecule is CC(C)Oc1cc(C(=O)N(C)Cc2ccco2)cc2occc12. The zero-order valence-corrected chi connectivity index (χ0v) is 13.4. The van der Waals surface area contributed by atoms with E-state index in [2.05, 4.69) is 0 Å². The van der Waals surface area contributed by atoms with Crippen LogP contribution in [0.5, 0.6) is 5.75 Å². The third-order valence-corrected chi connectivity index (χ3v) is 3.46. The van der Waals surface area contributed by atoms with E-state index in [4.69, 9.17) is 13.6 Å². The Bertz CT molecular complexity index is 802. The Hall–Kier alpha value is -2.69. The minimum Gasteiger partial charge on any atom is -0.490 e. The van der Waals surface area contributed by atoms with E-state index in [1.165, 1.54) is 0 Å². The Morgan fingerprint density at radius 2 is 2.04 bits per heavy atom. The molecule has 3 rings (SSSR count). The summed E-state index contributed by atoms with van der Waals surface area (Å²) in [6.07, 6.45) is 3.20. The first-order chi connectivity index (χ1) is 11.0. The highest BCUT2D eigenvalue weighted by atomic mass is 16.5. The highest BCUT2D eigenvalue weighted by Gasteiger charge is 2.17. The van der Waals surface area contributed by atoms with E-state index in [-0.39, 0.29) is 12.0 Å². The van der Waals surface area contributed by atoms with Crippen molar-refractivity contribution in [2.75, 3.05) is 7.05 Å². The second-order valence-electron chi connectivity index (χ2n) is 5.71. The largest absolute Gasteiger partial charge is 0.490 e. The molecule has 0 aliphatic heterocycles. The molecule has 23 heavy (non-hydrogen) atoms. The van der Waals surface area contributed by atoms with Gasteiger partial charge in [0.2, 0.25) is 0 Å². The van der Waals surface area contributed by atoms with Crippen molar-refractivity contribution in [3.8, 4) is 5.75 Å². The lowest BCUT2D eigenvalue weighted by Crippen LogP contribution is -2.26. The van der Waals surface area contributed by atoms with Crippen LogP contribution < -0.4 is 4.74 Å². The molecular formula is C18H19NO4. The molecule has 1 aromatic carbocycles. The van der Waals surface area contributed by atoms with Crippen LogP contribution in [-0.2, 0) is 6.54 Å². The van der Waals surface area contributed by atoms with Gasteiger partial charge in [-0.2, -0.15) is 0 Å². The molecule has 1 amide bonds. The van der Waals surface area contributed by atoms with E-state index in [9.17, 15) is 4.79 Å². The summed E-state index contributed by atoms with van der Waals surface area (Å²) in [5.41, 5.74) is 1.16. The minimum atomic E-state index is -0.117. The third-order valence-electron chi connectivity index (χ3n) is 3.46. The Labute approximate surface area is 134 Å². The first kappa shape index (κ1) is 15.2. The molecule has 3 aromatic rings. The van der Waals surface area contributed by atoms with Gasteiger partial charge in [-0.1, -0.05) is 0 Å². The molecule has 0 N–H and O–H groups in total. The number of benzene rings is 1. The van der Waals surface area contributed by atoms with Gasteiger partial charge in [0.15, 0.2) is 0 Å². The lowest BCUT2D eigenvalue weighted by atomic mass is 10.1. The fourth-order valence-corrected chi connectivity index (χ4v) is 2.44. The zero-order valence-electron chi connectivity index (χ0n) is 13.4. The van der Waals surface area contributed by atoms with Crippen molar-refractivity contribution < 1.29 is 18.4 Å². The van der Waals surface area contributed by atoms with Crippen molar-refractivity contribution >= 4 is 16.9 Å². The predicted molar refractivity (Wildman–Crippen MR) is 86.5 cm³/mol. The van der Waals surface area contributed by atoms with Crippen LogP contribution in [-0.4, -0.2) is 24.0 Å². The molecule has 0 saturated heterocycles. The normalized spacial score (nSPS) is 11.1. The fourth-order valence-electron chi connectivity index (χ4n) is 2.44. The second kappa shape index (κ2) is 6.20. The van der Waals surface area contributed by atoms with E-state index >= 15 is 0 Å². The van der Waals surface area contributed by atoms with Crippen LogP contribution in [0.3, 0.4) is 0 Å². The van der Waals surface area contributed by atoms with Gasteiger partial charge in [-0.3, -0.25) is 4.79 Å². The zero-order chi connectivity index (χ0) is 16.4. The maximum absolute atomic E-state index is 12.7. The number of hydrogen-bond donors (Lipinski definition) is 0. The van der Waals surface area contributed by atoms with E-state index in [1.54, 1.807) is 42.7 Å². The number of amides is 1. The van der Waals surface area contributed by atoms with Crippen molar-refractivity contribution in [2.45, 2.75) is 26.5 Å². The Kier molecular flexibility index (Phi) is 4.10. The van der Waals surface area contributed by atoms with Crippen molar-refractivity contribution in [2.24, 2.45) is 0 Å². The standard InChI is InChI=1S/C18H19NO4/c1-12(2)23-17-10-13(9-16-15(17)6-8-22-16)18(20)19(3)11-14-5-4-7-21-14/h4-10,12H,11H2,1-3H3. The summed E-state index contributed by atoms with van der Waals surface area (Å²) in [5.74, 6) is 1.27. The van der Waals surface area contributed by atoms with Crippen molar-refractivity contribution in [3.63, 3.8) is 0 Å². The summed E-state index contributed by atoms with van der Waals surface area (Å²) in [4.78, 5) is 14.3. The molecule has 0 saturated carbocycles. The monoisotopic (exact) mass is 313 g/mol. The number of fused-ring (bicyclic) bond motifs is 1. The number of rotatable bonds is 5. The Morgan fingerprint density at radius 3 is 2.74 bits per heavy atom. The van der Waals surface area contributed by atoms with Gasteiger partial charge in [-0.15, -0.1) is 0 Å². The van der Waals surface area contributed by atoms with Crippen molar-refractivity contribution in [3.05, 3.63) is 54.2 Å². The molecule has 2 aromatic heterocycles. The maximum Gasteiger partial charge on any atom is 0.254 e. The summed E-state index contributed by atoms with van der Waals surface area (Å²) in [6, 6.07) is 8.99. The van der Waals surface area contributed by atoms with Gasteiger partial charge in [0.25, 0.3) is 5.91 Å². The first-order valence-electron chi connectivity index (χ1n) is 7.50. The third kappa shape index (κ3) is 3.23. The van der Waals surface area contributed by atoms with Gasteiger partial charge in [0.05, 0.1) is 30.6 Å².